The third-order valence-corrected chi connectivity index (χ3v) is 5.01. The monoisotopic (exact) mass is 430 g/mol. The summed E-state index contributed by atoms with van der Waals surface area (Å²) in [6.07, 6.45) is 1.50. The highest BCUT2D eigenvalue weighted by Crippen LogP contribution is 2.25. The highest BCUT2D eigenvalue weighted by molar-refractivity contribution is 5.96. The number of aryl methyl sites for hydroxylation is 3. The van der Waals surface area contributed by atoms with Crippen LogP contribution in [0.2, 0.25) is 0 Å². The fourth-order valence-electron chi connectivity index (χ4n) is 3.67. The Hall–Kier alpha value is -3.03. The number of carbonyl (C=O) groups is 1. The van der Waals surface area contributed by atoms with Crippen LogP contribution in [0.25, 0.3) is 0 Å². The van der Waals surface area contributed by atoms with Crippen molar-refractivity contribution in [3.05, 3.63) is 49.7 Å². The first-order valence-corrected chi connectivity index (χ1v) is 10.7. The van der Waals surface area contributed by atoms with Crippen LogP contribution in [0.3, 0.4) is 0 Å². The summed E-state index contributed by atoms with van der Waals surface area (Å²) in [5.74, 6) is 0.393. The zero-order chi connectivity index (χ0) is 23.3. The second kappa shape index (κ2) is 10.3. The molecule has 0 aliphatic carbocycles. The van der Waals surface area contributed by atoms with Crippen LogP contribution in [0.5, 0.6) is 5.75 Å². The number of ether oxygens (including phenoxy) is 1. The number of rotatable bonds is 9. The molecule has 2 rings (SSSR count). The number of unbranched alkanes of at least 4 members (excludes halogenated alkanes) is 1. The van der Waals surface area contributed by atoms with Crippen molar-refractivity contribution in [3.63, 3.8) is 0 Å². The molecule has 0 aliphatic heterocycles. The maximum Gasteiger partial charge on any atom is 0.330 e. The molecule has 31 heavy (non-hydrogen) atoms. The number of hydrogen-bond donors (Lipinski definition) is 2. The minimum atomic E-state index is -0.672. The summed E-state index contributed by atoms with van der Waals surface area (Å²) in [5.41, 5.74) is 7.97. The van der Waals surface area contributed by atoms with Crippen molar-refractivity contribution in [1.29, 1.82) is 0 Å². The fourth-order valence-corrected chi connectivity index (χ4v) is 3.67. The number of nitrogen functional groups attached to an aromatic ring is 1. The summed E-state index contributed by atoms with van der Waals surface area (Å²) in [6, 6.07) is 3.98. The number of nitrogens with zero attached hydrogens (tertiary/aromatic N) is 2. The molecule has 0 aliphatic rings. The summed E-state index contributed by atoms with van der Waals surface area (Å²) in [5, 5.41) is 0. The molecule has 1 aromatic heterocycles. The van der Waals surface area contributed by atoms with Gasteiger partial charge in [0, 0.05) is 13.1 Å². The molecule has 1 aromatic carbocycles. The summed E-state index contributed by atoms with van der Waals surface area (Å²) >= 11 is 0. The van der Waals surface area contributed by atoms with Gasteiger partial charge in [0.15, 0.2) is 12.3 Å². The van der Waals surface area contributed by atoms with Crippen molar-refractivity contribution in [2.24, 2.45) is 5.92 Å². The van der Waals surface area contributed by atoms with Crippen LogP contribution in [-0.4, -0.2) is 28.6 Å². The first-order chi connectivity index (χ1) is 14.6. The number of anilines is 2. The molecule has 170 valence electrons. The van der Waals surface area contributed by atoms with E-state index in [-0.39, 0.29) is 29.9 Å². The minimum absolute atomic E-state index is 0.000324. The van der Waals surface area contributed by atoms with Gasteiger partial charge in [-0.2, -0.15) is 0 Å². The smallest absolute Gasteiger partial charge is 0.330 e. The van der Waals surface area contributed by atoms with Crippen molar-refractivity contribution >= 4 is 17.4 Å². The van der Waals surface area contributed by atoms with E-state index in [2.05, 4.69) is 4.98 Å². The number of H-pyrrole nitrogens is 1. The van der Waals surface area contributed by atoms with Gasteiger partial charge in [-0.05, 0) is 44.2 Å². The normalized spacial score (nSPS) is 11.1. The predicted molar refractivity (Wildman–Crippen MR) is 124 cm³/mol. The van der Waals surface area contributed by atoms with E-state index in [9.17, 15) is 14.4 Å². The third-order valence-electron chi connectivity index (χ3n) is 5.01. The maximum absolute atomic E-state index is 13.1. The van der Waals surface area contributed by atoms with Crippen LogP contribution < -0.4 is 26.6 Å². The van der Waals surface area contributed by atoms with E-state index in [0.29, 0.717) is 25.3 Å². The van der Waals surface area contributed by atoms with E-state index >= 15 is 0 Å². The maximum atomic E-state index is 13.1. The number of nitrogens with one attached hydrogen (secondary N) is 1. The second-order valence-corrected chi connectivity index (χ2v) is 8.41. The Morgan fingerprint density at radius 1 is 1.19 bits per heavy atom. The Morgan fingerprint density at radius 3 is 2.35 bits per heavy atom. The van der Waals surface area contributed by atoms with Gasteiger partial charge in [0.05, 0.1) is 0 Å². The van der Waals surface area contributed by atoms with Gasteiger partial charge in [0.25, 0.3) is 11.5 Å². The van der Waals surface area contributed by atoms with E-state index in [0.717, 1.165) is 23.1 Å². The molecule has 8 nitrogen and oxygen atoms in total. The molecule has 1 heterocycles. The Labute approximate surface area is 183 Å². The molecule has 3 N–H and O–H groups in total. The summed E-state index contributed by atoms with van der Waals surface area (Å²) in [7, 11) is 0. The molecule has 0 atom stereocenters. The Balaban J connectivity index is 2.41. The molecule has 0 bridgehead atoms. The fraction of sp³-hybridized carbons (Fsp3) is 0.522. The summed E-state index contributed by atoms with van der Waals surface area (Å²) in [4.78, 5) is 41.7. The number of aromatic nitrogens is 2. The van der Waals surface area contributed by atoms with E-state index in [1.54, 1.807) is 0 Å². The van der Waals surface area contributed by atoms with Gasteiger partial charge in [-0.1, -0.05) is 44.9 Å². The van der Waals surface area contributed by atoms with Gasteiger partial charge in [-0.15, -0.1) is 0 Å². The number of nitrogens with two attached hydrogens (primary N) is 1. The van der Waals surface area contributed by atoms with E-state index < -0.39 is 11.2 Å². The van der Waals surface area contributed by atoms with Gasteiger partial charge < -0.3 is 15.4 Å². The SMILES string of the molecule is CCCCN(C(=O)COc1c(C)cc(C)cc1C)c1c(N)n(CC(C)C)c(=O)[nH]c1=O. The molecule has 0 unspecified atom stereocenters. The molecule has 1 amide bonds. The van der Waals surface area contributed by atoms with Gasteiger partial charge in [-0.3, -0.25) is 19.1 Å². The summed E-state index contributed by atoms with van der Waals surface area (Å²) in [6.45, 7) is 12.1. The van der Waals surface area contributed by atoms with E-state index in [4.69, 9.17) is 10.5 Å². The molecule has 2 aromatic rings. The lowest BCUT2D eigenvalue weighted by Gasteiger charge is -2.25. The third kappa shape index (κ3) is 5.77. The standard InChI is InChI=1S/C23H34N4O4/c1-7-8-9-26(18(28)13-31-20-16(5)10-15(4)11-17(20)6)19-21(24)27(12-14(2)3)23(30)25-22(19)29/h10-11,14H,7-9,12-13,24H2,1-6H3,(H,25,29,30). The van der Waals surface area contributed by atoms with Crippen molar-refractivity contribution in [2.45, 2.75) is 60.9 Å². The lowest BCUT2D eigenvalue weighted by Crippen LogP contribution is -2.43. The highest BCUT2D eigenvalue weighted by atomic mass is 16.5. The number of benzene rings is 1. The van der Waals surface area contributed by atoms with Crippen molar-refractivity contribution in [3.8, 4) is 5.75 Å². The second-order valence-electron chi connectivity index (χ2n) is 8.41. The molecular weight excluding hydrogens is 396 g/mol. The molecule has 0 spiro atoms. The molecule has 0 saturated carbocycles. The Morgan fingerprint density at radius 2 is 1.81 bits per heavy atom. The predicted octanol–water partition coefficient (Wildman–Crippen LogP) is 2.91. The molecule has 0 fully saturated rings. The number of aromatic amines is 1. The number of hydrogen-bond acceptors (Lipinski definition) is 5. The van der Waals surface area contributed by atoms with Crippen molar-refractivity contribution in [1.82, 2.24) is 9.55 Å². The van der Waals surface area contributed by atoms with Crippen LogP contribution in [0.1, 0.15) is 50.3 Å². The number of carbonyl (C=O) groups excluding carboxylic acids is 1. The first-order valence-electron chi connectivity index (χ1n) is 10.7. The lowest BCUT2D eigenvalue weighted by molar-refractivity contribution is -0.120. The Bertz CT molecular complexity index is 1030. The summed E-state index contributed by atoms with van der Waals surface area (Å²) < 4.78 is 7.16. The minimum Gasteiger partial charge on any atom is -0.483 e. The van der Waals surface area contributed by atoms with Gasteiger partial charge in [0.1, 0.15) is 11.6 Å². The average Bonchev–Trinajstić information content (AvgIpc) is 2.66. The average molecular weight is 431 g/mol. The highest BCUT2D eigenvalue weighted by Gasteiger charge is 2.25. The largest absolute Gasteiger partial charge is 0.483 e. The van der Waals surface area contributed by atoms with E-state index in [1.807, 2.05) is 53.7 Å². The van der Waals surface area contributed by atoms with Crippen LogP contribution in [0, 0.1) is 26.7 Å². The van der Waals surface area contributed by atoms with Crippen LogP contribution >= 0.6 is 0 Å². The zero-order valence-electron chi connectivity index (χ0n) is 19.4. The Kier molecular flexibility index (Phi) is 8.08. The molecule has 0 radical (unpaired) electrons. The number of amides is 1. The zero-order valence-corrected chi connectivity index (χ0v) is 19.4. The molecule has 8 heteroatoms. The molecular formula is C23H34N4O4. The van der Waals surface area contributed by atoms with Crippen LogP contribution in [0.15, 0.2) is 21.7 Å². The van der Waals surface area contributed by atoms with Gasteiger partial charge in [0.2, 0.25) is 0 Å². The van der Waals surface area contributed by atoms with Crippen LogP contribution in [-0.2, 0) is 11.3 Å². The van der Waals surface area contributed by atoms with Gasteiger partial charge >= 0.3 is 5.69 Å². The topological polar surface area (TPSA) is 110 Å². The van der Waals surface area contributed by atoms with Gasteiger partial charge in [-0.25, -0.2) is 4.79 Å². The molecule has 0 saturated heterocycles. The first kappa shape index (κ1) is 24.2. The van der Waals surface area contributed by atoms with Crippen molar-refractivity contribution < 1.29 is 9.53 Å². The lowest BCUT2D eigenvalue weighted by atomic mass is 10.1. The quantitative estimate of drug-likeness (QED) is 0.635. The van der Waals surface area contributed by atoms with Crippen molar-refractivity contribution in [2.75, 3.05) is 23.8 Å². The van der Waals surface area contributed by atoms with Crippen LogP contribution in [0.4, 0.5) is 11.5 Å². The van der Waals surface area contributed by atoms with E-state index in [1.165, 1.54) is 9.47 Å².